The van der Waals surface area contributed by atoms with Gasteiger partial charge in [0.05, 0.1) is 0 Å². The van der Waals surface area contributed by atoms with Gasteiger partial charge in [-0.15, -0.1) is 0 Å². The maximum absolute atomic E-state index is 12.3. The van der Waals surface area contributed by atoms with E-state index >= 15 is 0 Å². The second-order valence-electron chi connectivity index (χ2n) is 1.70. The van der Waals surface area contributed by atoms with Gasteiger partial charge in [-0.25, -0.2) is 0 Å². The Bertz CT molecular complexity index is 303. The van der Waals surface area contributed by atoms with Crippen LogP contribution in [-0.2, 0) is 0 Å². The summed E-state index contributed by atoms with van der Waals surface area (Å²) < 4.78 is 24.5. The quantitative estimate of drug-likeness (QED) is 0.353. The first-order valence-electron chi connectivity index (χ1n) is 2.57. The lowest BCUT2D eigenvalue weighted by Crippen LogP contribution is -1.97. The molecule has 0 radical (unpaired) electrons. The molecule has 0 fully saturated rings. The average Bonchev–Trinajstić information content (AvgIpc) is 1.94. The van der Waals surface area contributed by atoms with Crippen LogP contribution in [0.4, 0.5) is 14.6 Å². The highest BCUT2D eigenvalue weighted by atomic mass is 19.1. The summed E-state index contributed by atoms with van der Waals surface area (Å²) in [6, 6.07) is 1.36. The van der Waals surface area contributed by atoms with Crippen LogP contribution in [0, 0.1) is 21.9 Å². The molecule has 11 heavy (non-hydrogen) atoms. The molecule has 0 aliphatic carbocycles. The van der Waals surface area contributed by atoms with Crippen LogP contribution in [0.5, 0.6) is 0 Å². The zero-order valence-corrected chi connectivity index (χ0v) is 5.12. The number of aromatic nitrogens is 1. The van der Waals surface area contributed by atoms with E-state index < -0.39 is 22.5 Å². The summed E-state index contributed by atoms with van der Waals surface area (Å²) in [5.74, 6) is -3.31. The molecule has 1 rings (SSSR count). The van der Waals surface area contributed by atoms with Gasteiger partial charge in [0, 0.05) is 6.07 Å². The molecule has 0 amide bonds. The lowest BCUT2D eigenvalue weighted by atomic mass is 10.4. The Kier molecular flexibility index (Phi) is 1.75. The molecular formula is C5H2F2N2O2. The Morgan fingerprint density at radius 3 is 2.55 bits per heavy atom. The summed E-state index contributed by atoms with van der Waals surface area (Å²) in [7, 11) is 0. The highest BCUT2D eigenvalue weighted by molar-refractivity contribution is 5.20. The van der Waals surface area contributed by atoms with Gasteiger partial charge in [0.15, 0.2) is 0 Å². The van der Waals surface area contributed by atoms with Crippen LogP contribution in [-0.4, -0.2) is 9.91 Å². The van der Waals surface area contributed by atoms with E-state index in [9.17, 15) is 18.9 Å². The van der Waals surface area contributed by atoms with Gasteiger partial charge in [-0.2, -0.15) is 8.78 Å². The number of rotatable bonds is 1. The molecule has 0 N–H and O–H groups in total. The minimum atomic E-state index is -1.14. The van der Waals surface area contributed by atoms with E-state index in [1.54, 1.807) is 0 Å². The predicted octanol–water partition coefficient (Wildman–Crippen LogP) is 1.27. The SMILES string of the molecule is O=[N+]([O-])c1nc(F)ccc1F. The molecule has 0 aromatic carbocycles. The summed E-state index contributed by atoms with van der Waals surface area (Å²) in [4.78, 5) is 11.6. The molecule has 6 heteroatoms. The van der Waals surface area contributed by atoms with Crippen molar-refractivity contribution in [3.63, 3.8) is 0 Å². The third-order valence-corrected chi connectivity index (χ3v) is 0.966. The normalized spacial score (nSPS) is 9.64. The van der Waals surface area contributed by atoms with Gasteiger partial charge >= 0.3 is 11.8 Å². The highest BCUT2D eigenvalue weighted by Gasteiger charge is 2.16. The Hall–Kier alpha value is -1.59. The maximum atomic E-state index is 12.3. The van der Waals surface area contributed by atoms with Gasteiger partial charge in [-0.1, -0.05) is 0 Å². The predicted molar refractivity (Wildman–Crippen MR) is 30.8 cm³/mol. The third-order valence-electron chi connectivity index (χ3n) is 0.966. The largest absolute Gasteiger partial charge is 0.402 e. The monoisotopic (exact) mass is 160 g/mol. The Morgan fingerprint density at radius 1 is 1.45 bits per heavy atom. The molecule has 0 bridgehead atoms. The minimum absolute atomic E-state index is 0.653. The van der Waals surface area contributed by atoms with E-state index in [1.165, 1.54) is 0 Å². The molecule has 0 atom stereocenters. The topological polar surface area (TPSA) is 56.0 Å². The van der Waals surface area contributed by atoms with Crippen molar-refractivity contribution >= 4 is 5.82 Å². The first-order valence-corrected chi connectivity index (χ1v) is 2.57. The van der Waals surface area contributed by atoms with Crippen LogP contribution in [0.1, 0.15) is 0 Å². The van der Waals surface area contributed by atoms with E-state index in [0.717, 1.165) is 0 Å². The van der Waals surface area contributed by atoms with Gasteiger partial charge in [-0.05, 0) is 16.0 Å². The average molecular weight is 160 g/mol. The molecule has 58 valence electrons. The van der Waals surface area contributed by atoms with Crippen LogP contribution in [0.25, 0.3) is 0 Å². The fraction of sp³-hybridized carbons (Fsp3) is 0. The number of hydrogen-bond acceptors (Lipinski definition) is 3. The van der Waals surface area contributed by atoms with E-state index in [-0.39, 0.29) is 0 Å². The first kappa shape index (κ1) is 7.52. The Labute approximate surface area is 59.6 Å². The van der Waals surface area contributed by atoms with Crippen LogP contribution >= 0.6 is 0 Å². The standard InChI is InChI=1S/C5H2F2N2O2/c6-3-1-2-4(7)8-5(3)9(10)11/h1-2H. The van der Waals surface area contributed by atoms with Crippen molar-refractivity contribution < 1.29 is 13.7 Å². The van der Waals surface area contributed by atoms with E-state index in [0.29, 0.717) is 12.1 Å². The third kappa shape index (κ3) is 1.46. The number of nitro groups is 1. The smallest absolute Gasteiger partial charge is 0.358 e. The molecule has 0 unspecified atom stereocenters. The summed E-state index contributed by atoms with van der Waals surface area (Å²) in [5, 5.41) is 9.91. The first-order chi connectivity index (χ1) is 5.11. The number of pyridine rings is 1. The van der Waals surface area contributed by atoms with Crippen LogP contribution in [0.15, 0.2) is 12.1 Å². The molecule has 0 aliphatic rings. The second-order valence-corrected chi connectivity index (χ2v) is 1.70. The maximum Gasteiger partial charge on any atom is 0.402 e. The second kappa shape index (κ2) is 2.57. The molecule has 0 spiro atoms. The van der Waals surface area contributed by atoms with Gasteiger partial charge < -0.3 is 10.1 Å². The summed E-state index contributed by atoms with van der Waals surface area (Å²) in [6.45, 7) is 0. The van der Waals surface area contributed by atoms with Crippen molar-refractivity contribution in [1.82, 2.24) is 4.98 Å². The van der Waals surface area contributed by atoms with Crippen LogP contribution in [0.2, 0.25) is 0 Å². The van der Waals surface area contributed by atoms with Crippen LogP contribution < -0.4 is 0 Å². The highest BCUT2D eigenvalue weighted by Crippen LogP contribution is 2.12. The van der Waals surface area contributed by atoms with E-state index in [2.05, 4.69) is 4.98 Å². The summed E-state index contributed by atoms with van der Waals surface area (Å²) in [5.41, 5.74) is 0. The Morgan fingerprint density at radius 2 is 2.09 bits per heavy atom. The number of nitrogens with zero attached hydrogens (tertiary/aromatic N) is 2. The fourth-order valence-electron chi connectivity index (χ4n) is 0.536. The van der Waals surface area contributed by atoms with Crippen LogP contribution in [0.3, 0.4) is 0 Å². The minimum Gasteiger partial charge on any atom is -0.358 e. The molecule has 1 heterocycles. The lowest BCUT2D eigenvalue weighted by molar-refractivity contribution is -0.392. The van der Waals surface area contributed by atoms with Crippen molar-refractivity contribution in [1.29, 1.82) is 0 Å². The van der Waals surface area contributed by atoms with Crippen molar-refractivity contribution in [3.05, 3.63) is 34.0 Å². The zero-order valence-electron chi connectivity index (χ0n) is 5.12. The summed E-state index contributed by atoms with van der Waals surface area (Å²) >= 11 is 0. The number of hydrogen-bond donors (Lipinski definition) is 0. The van der Waals surface area contributed by atoms with Gasteiger partial charge in [-0.3, -0.25) is 0 Å². The number of halogens is 2. The van der Waals surface area contributed by atoms with E-state index in [4.69, 9.17) is 0 Å². The van der Waals surface area contributed by atoms with Crippen molar-refractivity contribution in [2.45, 2.75) is 0 Å². The molecular weight excluding hydrogens is 158 g/mol. The molecule has 4 nitrogen and oxygen atoms in total. The van der Waals surface area contributed by atoms with E-state index in [1.807, 2.05) is 0 Å². The van der Waals surface area contributed by atoms with Gasteiger partial charge in [0.25, 0.3) is 0 Å². The van der Waals surface area contributed by atoms with Gasteiger partial charge in [0.1, 0.15) is 0 Å². The lowest BCUT2D eigenvalue weighted by Gasteiger charge is -1.91. The van der Waals surface area contributed by atoms with Crippen molar-refractivity contribution in [3.8, 4) is 0 Å². The molecule has 1 aromatic heterocycles. The van der Waals surface area contributed by atoms with Gasteiger partial charge in [0.2, 0.25) is 5.82 Å². The fourth-order valence-corrected chi connectivity index (χ4v) is 0.536. The molecule has 0 saturated carbocycles. The summed E-state index contributed by atoms with van der Waals surface area (Å²) in [6.07, 6.45) is 0. The molecule has 0 saturated heterocycles. The van der Waals surface area contributed by atoms with Crippen molar-refractivity contribution in [2.75, 3.05) is 0 Å². The van der Waals surface area contributed by atoms with Crippen molar-refractivity contribution in [2.24, 2.45) is 0 Å². The molecule has 0 aliphatic heterocycles. The molecule has 1 aromatic rings. The Balaban J connectivity index is 3.23. The zero-order chi connectivity index (χ0) is 8.43.